The number of hydrogen-bond acceptors (Lipinski definition) is 3. The Kier molecular flexibility index (Phi) is 4.25. The van der Waals surface area contributed by atoms with Gasteiger partial charge in [0.1, 0.15) is 0 Å². The summed E-state index contributed by atoms with van der Waals surface area (Å²) in [5, 5.41) is 11.5. The van der Waals surface area contributed by atoms with Gasteiger partial charge in [0, 0.05) is 9.26 Å². The Morgan fingerprint density at radius 3 is 2.58 bits per heavy atom. The standard InChI is InChI=1S/C12H7BrINO4/c13-10-2-1-9(19-10)11(16)15-8-4-6(12(17)18)3-7(14)5-8/h1-5H,(H,15,16)(H,17,18). The summed E-state index contributed by atoms with van der Waals surface area (Å²) < 4.78 is 6.28. The van der Waals surface area contributed by atoms with E-state index in [9.17, 15) is 9.59 Å². The highest BCUT2D eigenvalue weighted by atomic mass is 127. The number of hydrogen-bond donors (Lipinski definition) is 2. The predicted molar refractivity (Wildman–Crippen MR) is 80.5 cm³/mol. The average Bonchev–Trinajstić information content (AvgIpc) is 2.75. The number of furan rings is 1. The van der Waals surface area contributed by atoms with Gasteiger partial charge in [0.05, 0.1) is 5.56 Å². The second kappa shape index (κ2) is 5.74. The highest BCUT2D eigenvalue weighted by molar-refractivity contribution is 14.1. The molecule has 0 atom stereocenters. The third kappa shape index (κ3) is 3.57. The number of amides is 1. The van der Waals surface area contributed by atoms with E-state index in [0.717, 1.165) is 0 Å². The van der Waals surface area contributed by atoms with Gasteiger partial charge in [-0.2, -0.15) is 0 Å². The molecule has 0 unspecified atom stereocenters. The molecule has 0 bridgehead atoms. The van der Waals surface area contributed by atoms with Gasteiger partial charge in [0.25, 0.3) is 5.91 Å². The molecule has 1 aromatic heterocycles. The number of carboxylic acids is 1. The van der Waals surface area contributed by atoms with Gasteiger partial charge in [-0.15, -0.1) is 0 Å². The van der Waals surface area contributed by atoms with E-state index >= 15 is 0 Å². The molecule has 0 aliphatic heterocycles. The molecule has 1 amide bonds. The van der Waals surface area contributed by atoms with Gasteiger partial charge in [-0.05, 0) is 68.9 Å². The molecule has 98 valence electrons. The molecule has 0 fully saturated rings. The number of carboxylic acid groups (broad SMARTS) is 1. The molecule has 2 rings (SSSR count). The quantitative estimate of drug-likeness (QED) is 0.722. The van der Waals surface area contributed by atoms with Crippen LogP contribution in [0.2, 0.25) is 0 Å². The van der Waals surface area contributed by atoms with Crippen molar-refractivity contribution in [2.45, 2.75) is 0 Å². The summed E-state index contributed by atoms with van der Waals surface area (Å²) in [6.07, 6.45) is 0. The van der Waals surface area contributed by atoms with Crippen molar-refractivity contribution in [3.8, 4) is 0 Å². The highest BCUT2D eigenvalue weighted by Gasteiger charge is 2.12. The normalized spacial score (nSPS) is 10.2. The Morgan fingerprint density at radius 1 is 1.26 bits per heavy atom. The number of aromatic carboxylic acids is 1. The summed E-state index contributed by atoms with van der Waals surface area (Å²) in [5.74, 6) is -1.35. The second-order valence-corrected chi connectivity index (χ2v) is 5.62. The summed E-state index contributed by atoms with van der Waals surface area (Å²) in [5.41, 5.74) is 0.518. The molecule has 0 saturated carbocycles. The number of halogens is 2. The van der Waals surface area contributed by atoms with Crippen LogP contribution in [-0.4, -0.2) is 17.0 Å². The van der Waals surface area contributed by atoms with Crippen LogP contribution in [0.4, 0.5) is 5.69 Å². The molecular weight excluding hydrogens is 429 g/mol. The predicted octanol–water partition coefficient (Wildman–Crippen LogP) is 3.60. The fourth-order valence-electron chi connectivity index (χ4n) is 1.41. The summed E-state index contributed by atoms with van der Waals surface area (Å²) in [6, 6.07) is 7.70. The van der Waals surface area contributed by atoms with Crippen LogP contribution in [0.25, 0.3) is 0 Å². The van der Waals surface area contributed by atoms with Crippen LogP contribution in [0.5, 0.6) is 0 Å². The maximum absolute atomic E-state index is 11.8. The first-order valence-electron chi connectivity index (χ1n) is 5.06. The Labute approximate surface area is 130 Å². The summed E-state index contributed by atoms with van der Waals surface area (Å²) in [6.45, 7) is 0. The Hall–Kier alpha value is -1.35. The van der Waals surface area contributed by atoms with E-state index in [1.807, 2.05) is 22.6 Å². The lowest BCUT2D eigenvalue weighted by atomic mass is 10.2. The fraction of sp³-hybridized carbons (Fsp3) is 0. The van der Waals surface area contributed by atoms with Crippen LogP contribution >= 0.6 is 38.5 Å². The zero-order chi connectivity index (χ0) is 14.0. The minimum absolute atomic E-state index is 0.114. The number of nitrogens with one attached hydrogen (secondary N) is 1. The first-order chi connectivity index (χ1) is 8.95. The van der Waals surface area contributed by atoms with Crippen LogP contribution in [0.1, 0.15) is 20.9 Å². The van der Waals surface area contributed by atoms with Crippen LogP contribution in [0, 0.1) is 3.57 Å². The van der Waals surface area contributed by atoms with Crippen LogP contribution < -0.4 is 5.32 Å². The van der Waals surface area contributed by atoms with Crippen molar-refractivity contribution < 1.29 is 19.1 Å². The molecule has 1 aromatic carbocycles. The molecule has 19 heavy (non-hydrogen) atoms. The number of carbonyl (C=O) groups excluding carboxylic acids is 1. The summed E-state index contributed by atoms with van der Waals surface area (Å²) in [4.78, 5) is 22.8. The third-order valence-corrected chi connectivity index (χ3v) is 3.25. The summed E-state index contributed by atoms with van der Waals surface area (Å²) in [7, 11) is 0. The molecule has 2 aromatic rings. The van der Waals surface area contributed by atoms with Gasteiger partial charge in [-0.3, -0.25) is 4.79 Å². The molecule has 5 nitrogen and oxygen atoms in total. The Bertz CT molecular complexity index is 653. The van der Waals surface area contributed by atoms with Crippen LogP contribution in [0.3, 0.4) is 0 Å². The molecule has 7 heteroatoms. The van der Waals surface area contributed by atoms with E-state index in [1.54, 1.807) is 12.1 Å². The van der Waals surface area contributed by atoms with Gasteiger partial charge in [0.2, 0.25) is 0 Å². The van der Waals surface area contributed by atoms with Crippen molar-refractivity contribution in [1.82, 2.24) is 0 Å². The SMILES string of the molecule is O=C(O)c1cc(I)cc(NC(=O)c2ccc(Br)o2)c1. The average molecular weight is 436 g/mol. The number of carbonyl (C=O) groups is 2. The zero-order valence-electron chi connectivity index (χ0n) is 9.31. The van der Waals surface area contributed by atoms with Crippen LogP contribution in [-0.2, 0) is 0 Å². The lowest BCUT2D eigenvalue weighted by Gasteiger charge is -2.05. The second-order valence-electron chi connectivity index (χ2n) is 3.59. The minimum Gasteiger partial charge on any atom is -0.478 e. The molecule has 0 aliphatic rings. The lowest BCUT2D eigenvalue weighted by molar-refractivity contribution is 0.0696. The molecular formula is C12H7BrINO4. The third-order valence-electron chi connectivity index (χ3n) is 2.20. The lowest BCUT2D eigenvalue weighted by Crippen LogP contribution is -2.11. The van der Waals surface area contributed by atoms with E-state index in [2.05, 4.69) is 21.2 Å². The molecule has 0 saturated heterocycles. The van der Waals surface area contributed by atoms with Crippen molar-refractivity contribution in [2.24, 2.45) is 0 Å². The van der Waals surface area contributed by atoms with E-state index in [0.29, 0.717) is 13.9 Å². The molecule has 0 spiro atoms. The monoisotopic (exact) mass is 435 g/mol. The Balaban J connectivity index is 2.23. The van der Waals surface area contributed by atoms with Crippen molar-refractivity contribution in [1.29, 1.82) is 0 Å². The summed E-state index contributed by atoms with van der Waals surface area (Å²) >= 11 is 5.09. The van der Waals surface area contributed by atoms with Crippen molar-refractivity contribution >= 4 is 56.1 Å². The number of rotatable bonds is 3. The Morgan fingerprint density at radius 2 is 2.00 bits per heavy atom. The minimum atomic E-state index is -1.05. The highest BCUT2D eigenvalue weighted by Crippen LogP contribution is 2.19. The first-order valence-corrected chi connectivity index (χ1v) is 6.93. The largest absolute Gasteiger partial charge is 0.478 e. The van der Waals surface area contributed by atoms with Gasteiger partial charge >= 0.3 is 5.97 Å². The number of benzene rings is 1. The van der Waals surface area contributed by atoms with Gasteiger partial charge in [-0.25, -0.2) is 4.79 Å². The van der Waals surface area contributed by atoms with E-state index < -0.39 is 11.9 Å². The van der Waals surface area contributed by atoms with Gasteiger partial charge in [-0.1, -0.05) is 0 Å². The van der Waals surface area contributed by atoms with Crippen molar-refractivity contribution in [3.05, 3.63) is 49.9 Å². The van der Waals surface area contributed by atoms with Gasteiger partial charge in [0.15, 0.2) is 10.4 Å². The van der Waals surface area contributed by atoms with E-state index in [4.69, 9.17) is 9.52 Å². The first kappa shape index (κ1) is 14.1. The van der Waals surface area contributed by atoms with Crippen molar-refractivity contribution in [3.63, 3.8) is 0 Å². The van der Waals surface area contributed by atoms with Crippen molar-refractivity contribution in [2.75, 3.05) is 5.32 Å². The maximum Gasteiger partial charge on any atom is 0.335 e. The topological polar surface area (TPSA) is 79.5 Å². The maximum atomic E-state index is 11.8. The van der Waals surface area contributed by atoms with E-state index in [1.165, 1.54) is 18.2 Å². The smallest absolute Gasteiger partial charge is 0.335 e. The molecule has 1 heterocycles. The van der Waals surface area contributed by atoms with Gasteiger partial charge < -0.3 is 14.8 Å². The fourth-order valence-corrected chi connectivity index (χ4v) is 2.39. The number of anilines is 1. The molecule has 0 radical (unpaired) electrons. The van der Waals surface area contributed by atoms with Crippen LogP contribution in [0.15, 0.2) is 39.4 Å². The zero-order valence-corrected chi connectivity index (χ0v) is 13.1. The molecule has 2 N–H and O–H groups in total. The van der Waals surface area contributed by atoms with E-state index in [-0.39, 0.29) is 11.3 Å². The molecule has 0 aliphatic carbocycles.